The first-order chi connectivity index (χ1) is 15.9. The third-order valence-electron chi connectivity index (χ3n) is 5.32. The number of rotatable bonds is 7. The quantitative estimate of drug-likeness (QED) is 0.415. The molecule has 0 aliphatic heterocycles. The molecule has 7 nitrogen and oxygen atoms in total. The molecule has 0 saturated heterocycles. The molecule has 2 N–H and O–H groups in total. The highest BCUT2D eigenvalue weighted by Gasteiger charge is 2.18. The highest BCUT2D eigenvalue weighted by molar-refractivity contribution is 7.83. The summed E-state index contributed by atoms with van der Waals surface area (Å²) in [4.78, 5) is 16.7. The maximum absolute atomic E-state index is 13.2. The lowest BCUT2D eigenvalue weighted by atomic mass is 10.1. The number of esters is 1. The number of carbonyl (C=O) groups excluding carboxylic acids is 1. The van der Waals surface area contributed by atoms with Crippen LogP contribution in [0.4, 0.5) is 0 Å². The first-order valence-electron chi connectivity index (χ1n) is 10.4. The summed E-state index contributed by atoms with van der Waals surface area (Å²) in [5.74, 6) is 0.804. The molecule has 0 fully saturated rings. The number of fused-ring (bicyclic) bond motifs is 1. The third kappa shape index (κ3) is 4.81. The molecule has 8 heteroatoms. The molecule has 2 atom stereocenters. The van der Waals surface area contributed by atoms with Gasteiger partial charge in [0.25, 0.3) is 0 Å². The SMILES string of the molecule is COC(=O)C(N)Cc1ccc(Oc2ccnc3c2c(C)cn3S(=O)c2ccc(C)cc2)cc1. The van der Waals surface area contributed by atoms with Crippen LogP contribution in [0.5, 0.6) is 11.5 Å². The van der Waals surface area contributed by atoms with Crippen LogP contribution in [0.3, 0.4) is 0 Å². The van der Waals surface area contributed by atoms with Crippen molar-refractivity contribution in [3.63, 3.8) is 0 Å². The topological polar surface area (TPSA) is 96.4 Å². The summed E-state index contributed by atoms with van der Waals surface area (Å²) in [7, 11) is -0.109. The van der Waals surface area contributed by atoms with E-state index in [1.165, 1.54) is 7.11 Å². The van der Waals surface area contributed by atoms with Crippen LogP contribution in [-0.4, -0.2) is 32.3 Å². The lowest BCUT2D eigenvalue weighted by Gasteiger charge is -2.11. The van der Waals surface area contributed by atoms with Crippen LogP contribution in [0.1, 0.15) is 16.7 Å². The maximum atomic E-state index is 13.2. The molecule has 2 heterocycles. The molecule has 2 aromatic carbocycles. The molecule has 0 radical (unpaired) electrons. The number of hydrogen-bond acceptors (Lipinski definition) is 6. The number of methoxy groups -OCH3 is 1. The molecule has 0 amide bonds. The van der Waals surface area contributed by atoms with Crippen molar-refractivity contribution < 1.29 is 18.5 Å². The Kier molecular flexibility index (Phi) is 6.57. The Balaban J connectivity index is 1.60. The number of ether oxygens (including phenoxy) is 2. The second-order valence-electron chi connectivity index (χ2n) is 7.79. The van der Waals surface area contributed by atoms with Gasteiger partial charge in [0.05, 0.1) is 17.4 Å². The second-order valence-corrected chi connectivity index (χ2v) is 9.15. The zero-order valence-corrected chi connectivity index (χ0v) is 19.5. The van der Waals surface area contributed by atoms with Crippen molar-refractivity contribution in [2.45, 2.75) is 31.2 Å². The van der Waals surface area contributed by atoms with E-state index in [4.69, 9.17) is 10.5 Å². The summed E-state index contributed by atoms with van der Waals surface area (Å²) < 4.78 is 25.7. The van der Waals surface area contributed by atoms with Crippen molar-refractivity contribution in [3.05, 3.63) is 83.7 Å². The molecule has 4 rings (SSSR count). The number of benzene rings is 2. The van der Waals surface area contributed by atoms with E-state index in [1.54, 1.807) is 16.2 Å². The summed E-state index contributed by atoms with van der Waals surface area (Å²) in [6.45, 7) is 3.93. The number of aryl methyl sites for hydroxylation is 2. The second kappa shape index (κ2) is 9.56. The Bertz CT molecular complexity index is 1310. The van der Waals surface area contributed by atoms with Crippen molar-refractivity contribution >= 4 is 28.0 Å². The van der Waals surface area contributed by atoms with E-state index in [9.17, 15) is 9.00 Å². The highest BCUT2D eigenvalue weighted by Crippen LogP contribution is 2.33. The van der Waals surface area contributed by atoms with Crippen LogP contribution in [0.2, 0.25) is 0 Å². The predicted molar refractivity (Wildman–Crippen MR) is 128 cm³/mol. The molecule has 0 aliphatic rings. The van der Waals surface area contributed by atoms with E-state index >= 15 is 0 Å². The van der Waals surface area contributed by atoms with E-state index in [0.29, 0.717) is 28.5 Å². The van der Waals surface area contributed by atoms with Gasteiger partial charge in [0.1, 0.15) is 17.5 Å². The Morgan fingerprint density at radius 1 is 1.09 bits per heavy atom. The van der Waals surface area contributed by atoms with Gasteiger partial charge in [-0.25, -0.2) is 13.2 Å². The molecule has 33 heavy (non-hydrogen) atoms. The molecule has 2 unspecified atom stereocenters. The molecule has 4 aromatic rings. The molecule has 2 aromatic heterocycles. The Labute approximate surface area is 194 Å². The lowest BCUT2D eigenvalue weighted by molar-refractivity contribution is -0.142. The van der Waals surface area contributed by atoms with Gasteiger partial charge >= 0.3 is 5.97 Å². The van der Waals surface area contributed by atoms with E-state index in [1.807, 2.05) is 68.6 Å². The van der Waals surface area contributed by atoms with E-state index in [2.05, 4.69) is 9.72 Å². The van der Waals surface area contributed by atoms with Crippen LogP contribution in [0.25, 0.3) is 11.0 Å². The number of carbonyl (C=O) groups is 1. The van der Waals surface area contributed by atoms with Gasteiger partial charge in [0.15, 0.2) is 16.6 Å². The number of nitrogens with zero attached hydrogens (tertiary/aromatic N) is 2. The van der Waals surface area contributed by atoms with Gasteiger partial charge in [-0.15, -0.1) is 0 Å². The molecule has 170 valence electrons. The van der Waals surface area contributed by atoms with Gasteiger partial charge < -0.3 is 15.2 Å². The standard InChI is InChI=1S/C25H25N3O4S/c1-16-4-10-20(11-5-16)33(30)28-15-17(2)23-22(12-13-27-24(23)28)32-19-8-6-18(7-9-19)14-21(26)25(29)31-3/h4-13,15,21H,14,26H2,1-3H3. The number of aromatic nitrogens is 2. The molecule has 0 saturated carbocycles. The van der Waals surface area contributed by atoms with Crippen LogP contribution in [0.15, 0.2) is 71.9 Å². The zero-order valence-electron chi connectivity index (χ0n) is 18.6. The number of hydrogen-bond donors (Lipinski definition) is 1. The monoisotopic (exact) mass is 463 g/mol. The summed E-state index contributed by atoms with van der Waals surface area (Å²) >= 11 is 0. The summed E-state index contributed by atoms with van der Waals surface area (Å²) in [6.07, 6.45) is 3.85. The maximum Gasteiger partial charge on any atom is 0.322 e. The Morgan fingerprint density at radius 2 is 1.79 bits per heavy atom. The molecular weight excluding hydrogens is 438 g/mol. The van der Waals surface area contributed by atoms with E-state index in [-0.39, 0.29) is 0 Å². The average Bonchev–Trinajstić information content (AvgIpc) is 3.17. The predicted octanol–water partition coefficient (Wildman–Crippen LogP) is 4.06. The Hall–Kier alpha value is -3.49. The fourth-order valence-electron chi connectivity index (χ4n) is 3.56. The molecule has 0 aliphatic carbocycles. The van der Waals surface area contributed by atoms with Crippen molar-refractivity contribution in [3.8, 4) is 11.5 Å². The van der Waals surface area contributed by atoms with E-state index < -0.39 is 23.0 Å². The lowest BCUT2D eigenvalue weighted by Crippen LogP contribution is -2.33. The summed E-state index contributed by atoms with van der Waals surface area (Å²) in [6, 6.07) is 16.0. The first kappa shape index (κ1) is 22.7. The first-order valence-corrected chi connectivity index (χ1v) is 11.5. The largest absolute Gasteiger partial charge is 0.468 e. The van der Waals surface area contributed by atoms with Crippen LogP contribution in [-0.2, 0) is 26.9 Å². The van der Waals surface area contributed by atoms with Crippen molar-refractivity contribution in [1.82, 2.24) is 8.96 Å². The van der Waals surface area contributed by atoms with Crippen LogP contribution in [0, 0.1) is 13.8 Å². The van der Waals surface area contributed by atoms with E-state index in [0.717, 1.165) is 22.1 Å². The van der Waals surface area contributed by atoms with Gasteiger partial charge in [0, 0.05) is 12.4 Å². The molecule has 0 bridgehead atoms. The fourth-order valence-corrected chi connectivity index (χ4v) is 4.71. The van der Waals surface area contributed by atoms with Crippen molar-refractivity contribution in [1.29, 1.82) is 0 Å². The Morgan fingerprint density at radius 3 is 2.45 bits per heavy atom. The summed E-state index contributed by atoms with van der Waals surface area (Å²) in [5.41, 5.74) is 9.34. The zero-order chi connectivity index (χ0) is 23.5. The van der Waals surface area contributed by atoms with Crippen LogP contribution >= 0.6 is 0 Å². The third-order valence-corrected chi connectivity index (χ3v) is 6.63. The van der Waals surface area contributed by atoms with Gasteiger partial charge in [-0.2, -0.15) is 0 Å². The van der Waals surface area contributed by atoms with Gasteiger partial charge in [-0.3, -0.25) is 4.79 Å². The minimum Gasteiger partial charge on any atom is -0.468 e. The average molecular weight is 464 g/mol. The van der Waals surface area contributed by atoms with Crippen molar-refractivity contribution in [2.75, 3.05) is 7.11 Å². The minimum absolute atomic E-state index is 0.374. The van der Waals surface area contributed by atoms with Gasteiger partial charge in [0.2, 0.25) is 0 Å². The van der Waals surface area contributed by atoms with Crippen molar-refractivity contribution in [2.24, 2.45) is 5.73 Å². The number of nitrogens with two attached hydrogens (primary N) is 1. The smallest absolute Gasteiger partial charge is 0.322 e. The van der Waals surface area contributed by atoms with Gasteiger partial charge in [-0.1, -0.05) is 29.8 Å². The normalized spacial score (nSPS) is 13.0. The minimum atomic E-state index is -1.43. The van der Waals surface area contributed by atoms with Crippen LogP contribution < -0.4 is 10.5 Å². The van der Waals surface area contributed by atoms with Gasteiger partial charge in [-0.05, 0) is 61.7 Å². The molecular formula is C25H25N3O4S. The fraction of sp³-hybridized carbons (Fsp3) is 0.200. The summed E-state index contributed by atoms with van der Waals surface area (Å²) in [5, 5.41) is 0.801. The number of pyridine rings is 1. The molecule has 0 spiro atoms. The highest BCUT2D eigenvalue weighted by atomic mass is 32.2.